The maximum atomic E-state index is 14.7. The van der Waals surface area contributed by atoms with E-state index >= 15 is 0 Å². The van der Waals surface area contributed by atoms with Crippen molar-refractivity contribution in [2.45, 2.75) is 37.8 Å². The van der Waals surface area contributed by atoms with Crippen LogP contribution in [0.3, 0.4) is 0 Å². The Morgan fingerprint density at radius 1 is 0.500 bits per heavy atom. The van der Waals surface area contributed by atoms with Gasteiger partial charge in [-0.2, -0.15) is 0 Å². The summed E-state index contributed by atoms with van der Waals surface area (Å²) in [6, 6.07) is 46.4. The highest BCUT2D eigenvalue weighted by Gasteiger charge is 2.30. The molecule has 0 saturated carbocycles. The minimum Gasteiger partial charge on any atom is -0.497 e. The number of carbonyl (C=O) groups excluding carboxylic acids is 2. The molecule has 2 heterocycles. The van der Waals surface area contributed by atoms with Gasteiger partial charge in [-0.05, 0) is 124 Å². The summed E-state index contributed by atoms with van der Waals surface area (Å²) in [5, 5.41) is 6.23. The van der Waals surface area contributed by atoms with Gasteiger partial charge in [0.05, 0.1) is 26.3 Å². The molecule has 6 aromatic carbocycles. The Morgan fingerprint density at radius 3 is 1.22 bits per heavy atom. The summed E-state index contributed by atoms with van der Waals surface area (Å²) < 4.78 is 51.7. The number of ether oxygens (including phenoxy) is 4. The summed E-state index contributed by atoms with van der Waals surface area (Å²) in [7, 11) is 3.18. The molecule has 2 fully saturated rings. The zero-order valence-corrected chi connectivity index (χ0v) is 38.9. The number of piperidine rings is 2. The number of nitrogens with zero attached hydrogens (tertiary/aromatic N) is 2. The number of hydrogen-bond donors (Lipinski definition) is 2. The summed E-state index contributed by atoms with van der Waals surface area (Å²) in [5.74, 6) is 2.08. The van der Waals surface area contributed by atoms with Gasteiger partial charge in [-0.15, -0.1) is 0 Å². The van der Waals surface area contributed by atoms with Crippen molar-refractivity contribution in [3.05, 3.63) is 192 Å². The van der Waals surface area contributed by atoms with Gasteiger partial charge in [-0.3, -0.25) is 19.4 Å². The first-order chi connectivity index (χ1) is 33.3. The minimum absolute atomic E-state index is 0.0451. The first-order valence-electron chi connectivity index (χ1n) is 23.5. The van der Waals surface area contributed by atoms with Crippen molar-refractivity contribution in [2.24, 2.45) is 11.8 Å². The molecule has 12 heteroatoms. The summed E-state index contributed by atoms with van der Waals surface area (Å²) in [6.07, 6.45) is 3.05. The number of carbonyl (C=O) groups is 2. The first kappa shape index (κ1) is 49.2. The summed E-state index contributed by atoms with van der Waals surface area (Å²) >= 11 is 0. The van der Waals surface area contributed by atoms with Gasteiger partial charge in [-0.1, -0.05) is 97.1 Å². The van der Waals surface area contributed by atoms with Gasteiger partial charge in [0.2, 0.25) is 11.8 Å². The number of methoxy groups -OCH3 is 2. The lowest BCUT2D eigenvalue weighted by Crippen LogP contribution is -2.43. The molecule has 2 N–H and O–H groups in total. The molecular formula is C56H62F2N4O6. The molecule has 2 unspecified atom stereocenters. The number of para-hydroxylation sites is 2. The fourth-order valence-corrected chi connectivity index (χ4v) is 8.72. The number of nitrogens with one attached hydrogen (secondary N) is 2. The summed E-state index contributed by atoms with van der Waals surface area (Å²) in [6.45, 7) is 6.22. The van der Waals surface area contributed by atoms with Gasteiger partial charge < -0.3 is 29.6 Å². The van der Waals surface area contributed by atoms with Crippen molar-refractivity contribution >= 4 is 11.8 Å². The SMILES string of the molecule is COc1cccc(C(NC(=O)C2CCN(CCOc3ccccc3)CC2)c2ccccc2F)c1.COc1cccc(C(NC(=O)C2CCN(CCOc3ccccc3)CC2)c2ccccc2F)c1. The fourth-order valence-electron chi connectivity index (χ4n) is 8.72. The highest BCUT2D eigenvalue weighted by atomic mass is 19.1. The smallest absolute Gasteiger partial charge is 0.223 e. The molecule has 68 heavy (non-hydrogen) atoms. The van der Waals surface area contributed by atoms with Crippen molar-refractivity contribution in [3.8, 4) is 23.0 Å². The number of halogens is 2. The molecule has 2 aliphatic rings. The van der Waals surface area contributed by atoms with Gasteiger partial charge >= 0.3 is 0 Å². The number of amides is 2. The van der Waals surface area contributed by atoms with Gasteiger partial charge in [0.15, 0.2) is 0 Å². The van der Waals surface area contributed by atoms with Crippen molar-refractivity contribution in [3.63, 3.8) is 0 Å². The van der Waals surface area contributed by atoms with Crippen LogP contribution < -0.4 is 29.6 Å². The highest BCUT2D eigenvalue weighted by Crippen LogP contribution is 2.31. The third-order valence-corrected chi connectivity index (χ3v) is 12.6. The standard InChI is InChI=1S/2C28H31FN2O3/c2*1-33-24-11-7-8-22(20-24)27(25-12-5-6-13-26(25)29)30-28(32)21-14-16-31(17-15-21)18-19-34-23-9-3-2-4-10-23/h2*2-13,20-21,27H,14-19H2,1H3,(H,30,32). The molecule has 2 atom stereocenters. The fraction of sp³-hybridized carbons (Fsp3) is 0.321. The molecule has 0 radical (unpaired) electrons. The largest absolute Gasteiger partial charge is 0.497 e. The second kappa shape index (κ2) is 25.4. The maximum Gasteiger partial charge on any atom is 0.223 e. The number of hydrogen-bond acceptors (Lipinski definition) is 8. The van der Waals surface area contributed by atoms with Crippen LogP contribution >= 0.6 is 0 Å². The molecule has 0 spiro atoms. The van der Waals surface area contributed by atoms with Gasteiger partial charge in [0, 0.05) is 36.1 Å². The van der Waals surface area contributed by atoms with Crippen LogP contribution in [0.1, 0.15) is 60.0 Å². The van der Waals surface area contributed by atoms with E-state index in [0.717, 1.165) is 87.6 Å². The highest BCUT2D eigenvalue weighted by molar-refractivity contribution is 5.80. The van der Waals surface area contributed by atoms with Crippen LogP contribution in [0.15, 0.2) is 158 Å². The van der Waals surface area contributed by atoms with Crippen molar-refractivity contribution in [2.75, 3.05) is 66.7 Å². The van der Waals surface area contributed by atoms with Gasteiger partial charge in [-0.25, -0.2) is 8.78 Å². The third kappa shape index (κ3) is 14.1. The Hall–Kier alpha value is -6.76. The molecule has 0 aliphatic carbocycles. The predicted octanol–water partition coefficient (Wildman–Crippen LogP) is 9.66. The van der Waals surface area contributed by atoms with E-state index < -0.39 is 12.1 Å². The van der Waals surface area contributed by atoms with E-state index in [9.17, 15) is 18.4 Å². The molecule has 8 rings (SSSR count). The lowest BCUT2D eigenvalue weighted by molar-refractivity contribution is -0.127. The predicted molar refractivity (Wildman–Crippen MR) is 261 cm³/mol. The maximum absolute atomic E-state index is 14.7. The number of benzene rings is 6. The van der Waals surface area contributed by atoms with Crippen LogP contribution in [0.25, 0.3) is 0 Å². The van der Waals surface area contributed by atoms with Gasteiger partial charge in [0.1, 0.15) is 47.8 Å². The summed E-state index contributed by atoms with van der Waals surface area (Å²) in [4.78, 5) is 31.1. The van der Waals surface area contributed by atoms with Crippen LogP contribution in [0.5, 0.6) is 23.0 Å². The van der Waals surface area contributed by atoms with E-state index in [1.165, 1.54) is 12.1 Å². The van der Waals surface area contributed by atoms with E-state index in [1.54, 1.807) is 50.6 Å². The van der Waals surface area contributed by atoms with Crippen molar-refractivity contribution in [1.82, 2.24) is 20.4 Å². The zero-order valence-electron chi connectivity index (χ0n) is 38.9. The Morgan fingerprint density at radius 2 is 0.853 bits per heavy atom. The molecule has 2 aliphatic heterocycles. The third-order valence-electron chi connectivity index (χ3n) is 12.6. The lowest BCUT2D eigenvalue weighted by atomic mass is 9.93. The van der Waals surface area contributed by atoms with E-state index in [4.69, 9.17) is 18.9 Å². The molecule has 2 amide bonds. The van der Waals surface area contributed by atoms with Crippen molar-refractivity contribution < 1.29 is 37.3 Å². The molecule has 2 saturated heterocycles. The normalized spacial score (nSPS) is 15.5. The van der Waals surface area contributed by atoms with Gasteiger partial charge in [0.25, 0.3) is 0 Å². The Balaban J connectivity index is 0.000000201. The van der Waals surface area contributed by atoms with Crippen LogP contribution in [-0.4, -0.2) is 88.3 Å². The van der Waals surface area contributed by atoms with Crippen LogP contribution in [-0.2, 0) is 9.59 Å². The number of likely N-dealkylation sites (tertiary alicyclic amines) is 2. The molecule has 6 aromatic rings. The Labute approximate surface area is 399 Å². The second-order valence-corrected chi connectivity index (χ2v) is 17.0. The topological polar surface area (TPSA) is 102 Å². The molecule has 356 valence electrons. The molecular weight excluding hydrogens is 863 g/mol. The molecule has 0 aromatic heterocycles. The van der Waals surface area contributed by atoms with E-state index in [2.05, 4.69) is 20.4 Å². The first-order valence-corrected chi connectivity index (χ1v) is 23.5. The molecule has 10 nitrogen and oxygen atoms in total. The van der Waals surface area contributed by atoms with Crippen molar-refractivity contribution in [1.29, 1.82) is 0 Å². The second-order valence-electron chi connectivity index (χ2n) is 17.0. The summed E-state index contributed by atoms with van der Waals surface area (Å²) in [5.41, 5.74) is 2.46. The van der Waals surface area contributed by atoms with Crippen LogP contribution in [0, 0.1) is 23.5 Å². The average molecular weight is 925 g/mol. The quantitative estimate of drug-likeness (QED) is 0.0880. The lowest BCUT2D eigenvalue weighted by Gasteiger charge is -2.32. The minimum atomic E-state index is -0.582. The zero-order chi connectivity index (χ0) is 47.5. The number of rotatable bonds is 18. The molecule has 0 bridgehead atoms. The Bertz CT molecular complexity index is 2310. The monoisotopic (exact) mass is 924 g/mol. The van der Waals surface area contributed by atoms with E-state index in [-0.39, 0.29) is 35.3 Å². The van der Waals surface area contributed by atoms with Crippen LogP contribution in [0.2, 0.25) is 0 Å². The van der Waals surface area contributed by atoms with E-state index in [0.29, 0.717) is 35.8 Å². The Kier molecular flexibility index (Phi) is 18.4. The van der Waals surface area contributed by atoms with Crippen LogP contribution in [0.4, 0.5) is 8.78 Å². The average Bonchev–Trinajstić information content (AvgIpc) is 3.39. The van der Waals surface area contributed by atoms with E-state index in [1.807, 2.05) is 109 Å².